The molecular formula is C74H57BN2S. The van der Waals surface area contributed by atoms with Gasteiger partial charge in [-0.15, -0.1) is 11.3 Å². The van der Waals surface area contributed by atoms with Crippen molar-refractivity contribution in [3.05, 3.63) is 248 Å². The van der Waals surface area contributed by atoms with Gasteiger partial charge in [0.2, 0.25) is 0 Å². The number of hydrogen-bond acceptors (Lipinski definition) is 3. The Labute approximate surface area is 461 Å². The van der Waals surface area contributed by atoms with Crippen LogP contribution in [0.15, 0.2) is 237 Å². The molecule has 2 aliphatic rings. The van der Waals surface area contributed by atoms with Crippen molar-refractivity contribution in [3.63, 3.8) is 0 Å². The van der Waals surface area contributed by atoms with E-state index in [0.717, 1.165) is 0 Å². The molecule has 78 heavy (non-hydrogen) atoms. The molecule has 0 aliphatic carbocycles. The summed E-state index contributed by atoms with van der Waals surface area (Å²) >= 11 is 1.96. The molecule has 0 saturated heterocycles. The van der Waals surface area contributed by atoms with Crippen LogP contribution in [0.1, 0.15) is 52.7 Å². The van der Waals surface area contributed by atoms with Gasteiger partial charge in [-0.3, -0.25) is 0 Å². The van der Waals surface area contributed by atoms with E-state index in [1.54, 1.807) is 0 Å². The van der Waals surface area contributed by atoms with Crippen LogP contribution in [-0.4, -0.2) is 6.71 Å². The third kappa shape index (κ3) is 7.23. The highest BCUT2D eigenvalue weighted by molar-refractivity contribution is 7.33. The maximum absolute atomic E-state index is 2.68. The molecule has 1 aromatic heterocycles. The number of nitrogens with zero attached hydrogens (tertiary/aromatic N) is 2. The van der Waals surface area contributed by atoms with Gasteiger partial charge in [-0.25, -0.2) is 0 Å². The highest BCUT2D eigenvalue weighted by Crippen LogP contribution is 2.53. The van der Waals surface area contributed by atoms with Crippen molar-refractivity contribution in [2.45, 2.75) is 52.4 Å². The number of anilines is 6. The van der Waals surface area contributed by atoms with Crippen LogP contribution in [0.25, 0.3) is 86.9 Å². The highest BCUT2D eigenvalue weighted by atomic mass is 32.1. The lowest BCUT2D eigenvalue weighted by Crippen LogP contribution is -2.60. The topological polar surface area (TPSA) is 6.48 Å². The summed E-state index contributed by atoms with van der Waals surface area (Å²) in [5, 5.41) is 9.02. The van der Waals surface area contributed by atoms with Crippen molar-refractivity contribution in [2.75, 3.05) is 9.80 Å². The Bertz CT molecular complexity index is 4510. The molecule has 372 valence electrons. The molecule has 0 unspecified atom stereocenters. The summed E-state index contributed by atoms with van der Waals surface area (Å²) in [6.45, 7) is 13.9. The first-order valence-electron chi connectivity index (χ1n) is 27.5. The summed E-state index contributed by atoms with van der Waals surface area (Å²) in [6, 6.07) is 89.8. The van der Waals surface area contributed by atoms with Gasteiger partial charge in [-0.2, -0.15) is 0 Å². The van der Waals surface area contributed by atoms with Crippen LogP contribution < -0.4 is 25.5 Å². The second-order valence-corrected chi connectivity index (χ2v) is 24.7. The van der Waals surface area contributed by atoms with Crippen molar-refractivity contribution in [3.8, 4) is 44.5 Å². The zero-order valence-corrected chi connectivity index (χ0v) is 45.7. The molecule has 0 radical (unpaired) electrons. The minimum Gasteiger partial charge on any atom is -0.311 e. The zero-order chi connectivity index (χ0) is 52.6. The Morgan fingerprint density at radius 1 is 0.346 bits per heavy atom. The fourth-order valence-corrected chi connectivity index (χ4v) is 14.3. The minimum atomic E-state index is -0.0968. The molecule has 0 fully saturated rings. The molecule has 2 nitrogen and oxygen atoms in total. The van der Waals surface area contributed by atoms with Gasteiger partial charge in [-0.05, 0) is 153 Å². The monoisotopic (exact) mass is 1020 g/mol. The zero-order valence-electron chi connectivity index (χ0n) is 44.9. The number of fused-ring (bicyclic) bond motifs is 6. The molecule has 12 aromatic carbocycles. The van der Waals surface area contributed by atoms with Crippen molar-refractivity contribution in [1.82, 2.24) is 0 Å². The summed E-state index contributed by atoms with van der Waals surface area (Å²) < 4.78 is 2.64. The van der Waals surface area contributed by atoms with Crippen LogP contribution in [0.3, 0.4) is 0 Å². The summed E-state index contributed by atoms with van der Waals surface area (Å²) in [5.41, 5.74) is 22.0. The lowest BCUT2D eigenvalue weighted by molar-refractivity contribution is 0.590. The molecule has 0 N–H and O–H groups in total. The van der Waals surface area contributed by atoms with Gasteiger partial charge >= 0.3 is 0 Å². The van der Waals surface area contributed by atoms with Crippen molar-refractivity contribution in [2.24, 2.45) is 0 Å². The Morgan fingerprint density at radius 2 is 0.872 bits per heavy atom. The second-order valence-electron chi connectivity index (χ2n) is 23.6. The van der Waals surface area contributed by atoms with Crippen LogP contribution in [-0.2, 0) is 10.8 Å². The highest BCUT2D eigenvalue weighted by Gasteiger charge is 2.46. The van der Waals surface area contributed by atoms with E-state index in [9.17, 15) is 0 Å². The number of thiophene rings is 1. The van der Waals surface area contributed by atoms with E-state index in [1.807, 2.05) is 11.3 Å². The van der Waals surface area contributed by atoms with Gasteiger partial charge in [0.25, 0.3) is 6.71 Å². The molecule has 0 amide bonds. The lowest BCUT2D eigenvalue weighted by atomic mass is 9.36. The normalized spacial score (nSPS) is 13.2. The number of hydrogen-bond donors (Lipinski definition) is 0. The molecular weight excluding hydrogens is 960 g/mol. The summed E-state index contributed by atoms with van der Waals surface area (Å²) in [7, 11) is 0. The maximum Gasteiger partial charge on any atom is 0.264 e. The van der Waals surface area contributed by atoms with E-state index in [-0.39, 0.29) is 17.5 Å². The molecule has 4 heteroatoms. The number of rotatable bonds is 6. The molecule has 3 heterocycles. The Hall–Kier alpha value is -8.70. The van der Waals surface area contributed by atoms with E-state index < -0.39 is 0 Å². The molecule has 0 bridgehead atoms. The predicted octanol–water partition coefficient (Wildman–Crippen LogP) is 19.1. The smallest absolute Gasteiger partial charge is 0.264 e. The summed E-state index contributed by atoms with van der Waals surface area (Å²) in [6.07, 6.45) is 0. The van der Waals surface area contributed by atoms with Crippen LogP contribution in [0.4, 0.5) is 34.1 Å². The molecule has 0 spiro atoms. The quantitative estimate of drug-likeness (QED) is 0.121. The van der Waals surface area contributed by atoms with Crippen molar-refractivity contribution < 1.29 is 0 Å². The summed E-state index contributed by atoms with van der Waals surface area (Å²) in [5.74, 6) is 0. The van der Waals surface area contributed by atoms with Crippen LogP contribution >= 0.6 is 11.3 Å². The molecule has 13 aromatic rings. The average Bonchev–Trinajstić information content (AvgIpc) is 3.58. The van der Waals surface area contributed by atoms with Gasteiger partial charge < -0.3 is 9.80 Å². The molecule has 0 saturated carbocycles. The first kappa shape index (κ1) is 46.6. The van der Waals surface area contributed by atoms with E-state index in [2.05, 4.69) is 288 Å². The first-order chi connectivity index (χ1) is 38.0. The fourth-order valence-electron chi connectivity index (χ4n) is 13.0. The molecule has 0 atom stereocenters. The largest absolute Gasteiger partial charge is 0.311 e. The van der Waals surface area contributed by atoms with Crippen molar-refractivity contribution in [1.29, 1.82) is 0 Å². The Morgan fingerprint density at radius 3 is 1.53 bits per heavy atom. The van der Waals surface area contributed by atoms with Crippen molar-refractivity contribution >= 4 is 110 Å². The predicted molar refractivity (Wildman–Crippen MR) is 339 cm³/mol. The second kappa shape index (κ2) is 17.4. The number of benzene rings is 12. The van der Waals surface area contributed by atoms with Gasteiger partial charge in [0, 0.05) is 43.1 Å². The average molecular weight is 1020 g/mol. The standard InChI is InChI=1S/C74H57BN2S/c1-73(2,3)54-34-39-62(58(44-54)48-22-14-9-15-23-48)76-64-38-32-53(47-20-12-8-13-21-47)43-61(64)75-70-65(76)26-17-27-66(70)77(71-60-42-52(46-18-10-7-11-19-46)33-41-67(60)78-72(71)75)63-40-35-55(74(4,5)6)45-59(63)56-36-30-51-29-28-49-24-16-25-50-31-37-57(56)69(51)68(49)50/h7-45H,1-6H3. The minimum absolute atomic E-state index is 0.0448. The molecule has 15 rings (SSSR count). The van der Waals surface area contributed by atoms with E-state index in [4.69, 9.17) is 0 Å². The van der Waals surface area contributed by atoms with Crippen LogP contribution in [0, 0.1) is 0 Å². The lowest BCUT2D eigenvalue weighted by Gasteiger charge is -2.44. The van der Waals surface area contributed by atoms with Gasteiger partial charge in [-0.1, -0.05) is 224 Å². The van der Waals surface area contributed by atoms with Crippen LogP contribution in [0.2, 0.25) is 0 Å². The van der Waals surface area contributed by atoms with Crippen LogP contribution in [0.5, 0.6) is 0 Å². The SMILES string of the molecule is CC(C)(C)c1ccc(N2c3ccc(-c4ccccc4)cc3B3c4sc5ccc(-c6ccccc6)cc5c4N(c4ccc(C(C)(C)C)cc4-c4ccc5ccc6cccc7ccc4c5c67)c4cccc2c43)c(-c2ccccc2)c1. The van der Waals surface area contributed by atoms with E-state index in [0.29, 0.717) is 0 Å². The fraction of sp³-hybridized carbons (Fsp3) is 0.108. The van der Waals surface area contributed by atoms with Gasteiger partial charge in [0.05, 0.1) is 17.1 Å². The third-order valence-corrected chi connectivity index (χ3v) is 18.1. The van der Waals surface area contributed by atoms with Gasteiger partial charge in [0.15, 0.2) is 0 Å². The maximum atomic E-state index is 2.68. The molecule has 2 aliphatic heterocycles. The Balaban J connectivity index is 1.06. The Kier molecular flexibility index (Phi) is 10.4. The van der Waals surface area contributed by atoms with E-state index in [1.165, 1.54) is 148 Å². The third-order valence-electron chi connectivity index (χ3n) is 16.9. The summed E-state index contributed by atoms with van der Waals surface area (Å²) in [4.78, 5) is 5.28. The van der Waals surface area contributed by atoms with Gasteiger partial charge in [0.1, 0.15) is 0 Å². The first-order valence-corrected chi connectivity index (χ1v) is 28.3. The van der Waals surface area contributed by atoms with E-state index >= 15 is 0 Å².